The van der Waals surface area contributed by atoms with Crippen LogP contribution in [0.2, 0.25) is 0 Å². The van der Waals surface area contributed by atoms with Crippen molar-refractivity contribution in [3.8, 4) is 0 Å². The third-order valence-electron chi connectivity index (χ3n) is 3.07. The molecule has 0 fully saturated rings. The minimum Gasteiger partial charge on any atom is -0.385 e. The van der Waals surface area contributed by atoms with Crippen LogP contribution < -0.4 is 5.32 Å². The van der Waals surface area contributed by atoms with E-state index in [1.165, 1.54) is 29.7 Å². The van der Waals surface area contributed by atoms with E-state index in [2.05, 4.69) is 66.9 Å². The van der Waals surface area contributed by atoms with Gasteiger partial charge in [-0.3, -0.25) is 0 Å². The minimum absolute atomic E-state index is 1.01. The van der Waals surface area contributed by atoms with Crippen LogP contribution in [-0.2, 0) is 0 Å². The Labute approximate surface area is 110 Å². The van der Waals surface area contributed by atoms with Crippen LogP contribution in [0.25, 0.3) is 6.08 Å². The van der Waals surface area contributed by atoms with E-state index in [9.17, 15) is 0 Å². The van der Waals surface area contributed by atoms with Gasteiger partial charge < -0.3 is 5.32 Å². The van der Waals surface area contributed by atoms with Crippen LogP contribution in [0.5, 0.6) is 0 Å². The summed E-state index contributed by atoms with van der Waals surface area (Å²) in [6.07, 6.45) is 12.3. The molecule has 1 nitrogen and oxygen atoms in total. The number of hydrogen-bond donors (Lipinski definition) is 1. The van der Waals surface area contributed by atoms with Crippen LogP contribution >= 0.6 is 0 Å². The van der Waals surface area contributed by atoms with Crippen molar-refractivity contribution < 1.29 is 0 Å². The van der Waals surface area contributed by atoms with Gasteiger partial charge in [0, 0.05) is 12.2 Å². The highest BCUT2D eigenvalue weighted by atomic mass is 14.9. The van der Waals surface area contributed by atoms with E-state index in [1.807, 2.05) is 0 Å². The lowest BCUT2D eigenvalue weighted by molar-refractivity contribution is 0.712. The largest absolute Gasteiger partial charge is 0.385 e. The molecule has 1 N–H and O–H groups in total. The van der Waals surface area contributed by atoms with Crippen LogP contribution in [0.15, 0.2) is 59.8 Å². The Morgan fingerprint density at radius 2 is 2.06 bits per heavy atom. The third kappa shape index (κ3) is 3.63. The van der Waals surface area contributed by atoms with Gasteiger partial charge in [0.25, 0.3) is 0 Å². The molecule has 0 saturated carbocycles. The van der Waals surface area contributed by atoms with Crippen molar-refractivity contribution in [3.63, 3.8) is 0 Å². The van der Waals surface area contributed by atoms with Gasteiger partial charge in [-0.05, 0) is 36.1 Å². The number of nitrogens with one attached hydrogen (secondary N) is 1. The quantitative estimate of drug-likeness (QED) is 0.755. The summed E-state index contributed by atoms with van der Waals surface area (Å²) in [5, 5.41) is 3.53. The monoisotopic (exact) mass is 239 g/mol. The van der Waals surface area contributed by atoms with Gasteiger partial charge in [-0.1, -0.05) is 55.8 Å². The summed E-state index contributed by atoms with van der Waals surface area (Å²) < 4.78 is 0. The first-order valence-corrected chi connectivity index (χ1v) is 6.77. The van der Waals surface area contributed by atoms with Crippen LogP contribution in [-0.4, -0.2) is 6.54 Å². The first-order valence-electron chi connectivity index (χ1n) is 6.77. The van der Waals surface area contributed by atoms with Crippen molar-refractivity contribution in [3.05, 3.63) is 65.4 Å². The van der Waals surface area contributed by atoms with E-state index >= 15 is 0 Å². The Morgan fingerprint density at radius 1 is 1.22 bits per heavy atom. The predicted molar refractivity (Wildman–Crippen MR) is 79.2 cm³/mol. The third-order valence-corrected chi connectivity index (χ3v) is 3.07. The van der Waals surface area contributed by atoms with Crippen LogP contribution in [0.1, 0.15) is 31.7 Å². The smallest absolute Gasteiger partial charge is 0.0375 e. The van der Waals surface area contributed by atoms with E-state index in [1.54, 1.807) is 0 Å². The molecule has 0 saturated heterocycles. The second-order valence-corrected chi connectivity index (χ2v) is 4.57. The number of benzene rings is 1. The molecule has 1 heteroatoms. The van der Waals surface area contributed by atoms with Crippen molar-refractivity contribution in [2.24, 2.45) is 0 Å². The van der Waals surface area contributed by atoms with Crippen LogP contribution in [0, 0.1) is 0 Å². The van der Waals surface area contributed by atoms with Crippen molar-refractivity contribution in [1.29, 1.82) is 0 Å². The molecule has 0 heterocycles. The second kappa shape index (κ2) is 6.85. The number of hydrogen-bond acceptors (Lipinski definition) is 1. The Morgan fingerprint density at radius 3 is 2.83 bits per heavy atom. The standard InChI is InChI=1S/C17H21N/c1-2-3-13-18-17-12-8-7-11-16(17)14-15-9-5-4-6-10-15/h4-10,12,14,18H,2-3,11,13H2,1H3. The summed E-state index contributed by atoms with van der Waals surface area (Å²) in [5.74, 6) is 0. The average molecular weight is 239 g/mol. The van der Waals surface area contributed by atoms with Gasteiger partial charge in [0.15, 0.2) is 0 Å². The van der Waals surface area contributed by atoms with Gasteiger partial charge >= 0.3 is 0 Å². The van der Waals surface area contributed by atoms with Crippen molar-refractivity contribution in [2.75, 3.05) is 6.54 Å². The van der Waals surface area contributed by atoms with Gasteiger partial charge in [0.1, 0.15) is 0 Å². The fourth-order valence-corrected chi connectivity index (χ4v) is 2.04. The summed E-state index contributed by atoms with van der Waals surface area (Å²) in [6, 6.07) is 10.5. The van der Waals surface area contributed by atoms with E-state index in [-0.39, 0.29) is 0 Å². The molecule has 0 aliphatic heterocycles. The second-order valence-electron chi connectivity index (χ2n) is 4.57. The number of unbranched alkanes of at least 4 members (excludes halogenated alkanes) is 1. The van der Waals surface area contributed by atoms with Crippen LogP contribution in [0.3, 0.4) is 0 Å². The zero-order valence-electron chi connectivity index (χ0n) is 11.0. The van der Waals surface area contributed by atoms with Gasteiger partial charge in [-0.15, -0.1) is 0 Å². The SMILES string of the molecule is CCCCNC1=CC=CCC1=Cc1ccccc1. The summed E-state index contributed by atoms with van der Waals surface area (Å²) in [6.45, 7) is 3.28. The Hall–Kier alpha value is -1.76. The molecule has 0 atom stereocenters. The van der Waals surface area contributed by atoms with Gasteiger partial charge in [-0.2, -0.15) is 0 Å². The average Bonchev–Trinajstić information content (AvgIpc) is 2.42. The Balaban J connectivity index is 2.09. The number of allylic oxidation sites excluding steroid dienone is 4. The lowest BCUT2D eigenvalue weighted by Gasteiger charge is -2.16. The molecule has 1 aromatic carbocycles. The summed E-state index contributed by atoms with van der Waals surface area (Å²) in [5.41, 5.74) is 3.92. The first kappa shape index (κ1) is 12.7. The lowest BCUT2D eigenvalue weighted by Crippen LogP contribution is -2.17. The highest BCUT2D eigenvalue weighted by Gasteiger charge is 2.06. The molecule has 0 radical (unpaired) electrons. The zero-order valence-corrected chi connectivity index (χ0v) is 11.0. The van der Waals surface area contributed by atoms with Gasteiger partial charge in [0.2, 0.25) is 0 Å². The molecule has 1 aliphatic carbocycles. The fourth-order valence-electron chi connectivity index (χ4n) is 2.04. The maximum absolute atomic E-state index is 3.53. The summed E-state index contributed by atoms with van der Waals surface area (Å²) >= 11 is 0. The summed E-state index contributed by atoms with van der Waals surface area (Å²) in [4.78, 5) is 0. The lowest BCUT2D eigenvalue weighted by atomic mass is 10.0. The maximum atomic E-state index is 3.53. The number of rotatable bonds is 5. The van der Waals surface area contributed by atoms with Crippen molar-refractivity contribution in [1.82, 2.24) is 5.32 Å². The molecule has 1 aliphatic rings. The highest BCUT2D eigenvalue weighted by molar-refractivity contribution is 5.59. The molecule has 18 heavy (non-hydrogen) atoms. The maximum Gasteiger partial charge on any atom is 0.0375 e. The summed E-state index contributed by atoms with van der Waals surface area (Å²) in [7, 11) is 0. The first-order chi connectivity index (χ1) is 8.90. The molecular formula is C17H21N. The van der Waals surface area contributed by atoms with E-state index in [0.29, 0.717) is 0 Å². The van der Waals surface area contributed by atoms with Gasteiger partial charge in [-0.25, -0.2) is 0 Å². The van der Waals surface area contributed by atoms with E-state index in [0.717, 1.165) is 13.0 Å². The minimum atomic E-state index is 1.01. The molecule has 2 rings (SSSR count). The topological polar surface area (TPSA) is 12.0 Å². The molecule has 0 spiro atoms. The fraction of sp³-hybridized carbons (Fsp3) is 0.294. The Bertz CT molecular complexity index is 452. The molecule has 0 aromatic heterocycles. The highest BCUT2D eigenvalue weighted by Crippen LogP contribution is 2.20. The Kier molecular flexibility index (Phi) is 4.83. The molecule has 0 unspecified atom stereocenters. The van der Waals surface area contributed by atoms with Crippen LogP contribution in [0.4, 0.5) is 0 Å². The predicted octanol–water partition coefficient (Wildman–Crippen LogP) is 4.30. The molecule has 0 bridgehead atoms. The molecular weight excluding hydrogens is 218 g/mol. The zero-order chi connectivity index (χ0) is 12.6. The van der Waals surface area contributed by atoms with Crippen molar-refractivity contribution in [2.45, 2.75) is 26.2 Å². The van der Waals surface area contributed by atoms with Crippen molar-refractivity contribution >= 4 is 6.08 Å². The molecule has 94 valence electrons. The van der Waals surface area contributed by atoms with Gasteiger partial charge in [0.05, 0.1) is 0 Å². The van der Waals surface area contributed by atoms with E-state index < -0.39 is 0 Å². The molecule has 0 amide bonds. The van der Waals surface area contributed by atoms with E-state index in [4.69, 9.17) is 0 Å². The normalized spacial score (nSPS) is 16.7. The molecule has 1 aromatic rings.